The highest BCUT2D eigenvalue weighted by atomic mass is 35.5. The SMILES string of the molecule is Nc1ccc(Cl)cc1NC1CCCCC1. The fourth-order valence-corrected chi connectivity index (χ4v) is 2.29. The van der Waals surface area contributed by atoms with Crippen molar-refractivity contribution in [2.45, 2.75) is 38.1 Å². The van der Waals surface area contributed by atoms with Gasteiger partial charge in [0.25, 0.3) is 0 Å². The van der Waals surface area contributed by atoms with E-state index in [-0.39, 0.29) is 0 Å². The van der Waals surface area contributed by atoms with Crippen molar-refractivity contribution in [1.29, 1.82) is 0 Å². The normalized spacial score (nSPS) is 17.7. The first-order valence-electron chi connectivity index (χ1n) is 5.57. The van der Waals surface area contributed by atoms with Crippen LogP contribution in [-0.4, -0.2) is 6.04 Å². The standard InChI is InChI=1S/C12H17ClN2/c13-9-6-7-11(14)12(8-9)15-10-4-2-1-3-5-10/h6-8,10,15H,1-5,14H2. The molecule has 1 aromatic carbocycles. The van der Waals surface area contributed by atoms with Crippen LogP contribution in [0.15, 0.2) is 18.2 Å². The molecule has 3 heteroatoms. The van der Waals surface area contributed by atoms with Gasteiger partial charge in [-0.25, -0.2) is 0 Å². The summed E-state index contributed by atoms with van der Waals surface area (Å²) in [5.74, 6) is 0. The minimum atomic E-state index is 0.569. The van der Waals surface area contributed by atoms with E-state index in [0.29, 0.717) is 6.04 Å². The van der Waals surface area contributed by atoms with Crippen LogP contribution in [0.1, 0.15) is 32.1 Å². The average Bonchev–Trinajstić information content (AvgIpc) is 2.25. The van der Waals surface area contributed by atoms with Crippen molar-refractivity contribution in [3.63, 3.8) is 0 Å². The average molecular weight is 225 g/mol. The van der Waals surface area contributed by atoms with E-state index in [1.54, 1.807) is 0 Å². The van der Waals surface area contributed by atoms with E-state index in [1.165, 1.54) is 32.1 Å². The molecule has 3 N–H and O–H groups in total. The summed E-state index contributed by atoms with van der Waals surface area (Å²) in [5, 5.41) is 4.22. The fourth-order valence-electron chi connectivity index (χ4n) is 2.12. The second-order valence-corrected chi connectivity index (χ2v) is 4.65. The monoisotopic (exact) mass is 224 g/mol. The van der Waals surface area contributed by atoms with Gasteiger partial charge < -0.3 is 11.1 Å². The minimum absolute atomic E-state index is 0.569. The van der Waals surface area contributed by atoms with Gasteiger partial charge in [0.1, 0.15) is 0 Å². The fraction of sp³-hybridized carbons (Fsp3) is 0.500. The zero-order chi connectivity index (χ0) is 10.7. The van der Waals surface area contributed by atoms with Gasteiger partial charge >= 0.3 is 0 Å². The predicted molar refractivity (Wildman–Crippen MR) is 66.4 cm³/mol. The molecule has 0 atom stereocenters. The summed E-state index contributed by atoms with van der Waals surface area (Å²) in [5.41, 5.74) is 7.65. The first-order chi connectivity index (χ1) is 7.25. The van der Waals surface area contributed by atoms with Crippen LogP contribution in [-0.2, 0) is 0 Å². The van der Waals surface area contributed by atoms with E-state index in [4.69, 9.17) is 17.3 Å². The van der Waals surface area contributed by atoms with Crippen molar-refractivity contribution in [2.24, 2.45) is 0 Å². The quantitative estimate of drug-likeness (QED) is 0.753. The number of rotatable bonds is 2. The molecule has 0 radical (unpaired) electrons. The number of hydrogen-bond donors (Lipinski definition) is 2. The van der Waals surface area contributed by atoms with Crippen LogP contribution in [0.4, 0.5) is 11.4 Å². The molecule has 0 heterocycles. The Balaban J connectivity index is 2.05. The molecule has 0 aromatic heterocycles. The van der Waals surface area contributed by atoms with Crippen molar-refractivity contribution >= 4 is 23.0 Å². The van der Waals surface area contributed by atoms with Gasteiger partial charge in [0.05, 0.1) is 11.4 Å². The van der Waals surface area contributed by atoms with E-state index in [0.717, 1.165) is 16.4 Å². The Morgan fingerprint density at radius 1 is 1.20 bits per heavy atom. The van der Waals surface area contributed by atoms with Crippen LogP contribution in [0.2, 0.25) is 5.02 Å². The topological polar surface area (TPSA) is 38.0 Å². The molecule has 0 amide bonds. The van der Waals surface area contributed by atoms with Gasteiger partial charge in [-0.05, 0) is 31.0 Å². The molecule has 2 nitrogen and oxygen atoms in total. The summed E-state index contributed by atoms with van der Waals surface area (Å²) < 4.78 is 0. The smallest absolute Gasteiger partial charge is 0.0590 e. The lowest BCUT2D eigenvalue weighted by Crippen LogP contribution is -2.22. The summed E-state index contributed by atoms with van der Waals surface area (Å²) in [7, 11) is 0. The Kier molecular flexibility index (Phi) is 3.37. The largest absolute Gasteiger partial charge is 0.397 e. The van der Waals surface area contributed by atoms with Crippen LogP contribution in [0, 0.1) is 0 Å². The summed E-state index contributed by atoms with van der Waals surface area (Å²) in [6.07, 6.45) is 6.48. The number of nitrogens with two attached hydrogens (primary N) is 1. The number of anilines is 2. The number of hydrogen-bond acceptors (Lipinski definition) is 2. The summed E-state index contributed by atoms with van der Waals surface area (Å²) in [6.45, 7) is 0. The molecule has 2 rings (SSSR count). The van der Waals surface area contributed by atoms with Crippen LogP contribution in [0.25, 0.3) is 0 Å². The number of nitrogen functional groups attached to an aromatic ring is 1. The van der Waals surface area contributed by atoms with Crippen molar-refractivity contribution in [3.05, 3.63) is 23.2 Å². The Labute approximate surface area is 95.8 Å². The lowest BCUT2D eigenvalue weighted by molar-refractivity contribution is 0.463. The number of nitrogens with one attached hydrogen (secondary N) is 1. The van der Waals surface area contributed by atoms with E-state index < -0.39 is 0 Å². The highest BCUT2D eigenvalue weighted by Gasteiger charge is 2.13. The summed E-state index contributed by atoms with van der Waals surface area (Å²) in [6, 6.07) is 6.15. The maximum Gasteiger partial charge on any atom is 0.0590 e. The Hall–Kier alpha value is -0.890. The Morgan fingerprint density at radius 3 is 2.67 bits per heavy atom. The van der Waals surface area contributed by atoms with Gasteiger partial charge in [0.2, 0.25) is 0 Å². The third-order valence-electron chi connectivity index (χ3n) is 2.98. The molecule has 0 bridgehead atoms. The molecule has 0 spiro atoms. The zero-order valence-electron chi connectivity index (χ0n) is 8.80. The lowest BCUT2D eigenvalue weighted by atomic mass is 9.95. The van der Waals surface area contributed by atoms with E-state index in [2.05, 4.69) is 5.32 Å². The molecule has 1 aliphatic carbocycles. The van der Waals surface area contributed by atoms with Gasteiger partial charge in [0, 0.05) is 11.1 Å². The number of benzene rings is 1. The molecular weight excluding hydrogens is 208 g/mol. The van der Waals surface area contributed by atoms with Gasteiger partial charge in [-0.3, -0.25) is 0 Å². The van der Waals surface area contributed by atoms with Crippen molar-refractivity contribution < 1.29 is 0 Å². The third kappa shape index (κ3) is 2.78. The second-order valence-electron chi connectivity index (χ2n) is 4.21. The third-order valence-corrected chi connectivity index (χ3v) is 3.22. The maximum absolute atomic E-state index is 5.94. The summed E-state index contributed by atoms with van der Waals surface area (Å²) in [4.78, 5) is 0. The molecule has 0 unspecified atom stereocenters. The van der Waals surface area contributed by atoms with Gasteiger partial charge in [-0.15, -0.1) is 0 Å². The van der Waals surface area contributed by atoms with Crippen molar-refractivity contribution in [2.75, 3.05) is 11.1 Å². The Morgan fingerprint density at radius 2 is 1.93 bits per heavy atom. The molecule has 0 saturated heterocycles. The molecule has 1 aromatic rings. The van der Waals surface area contributed by atoms with Crippen LogP contribution >= 0.6 is 11.6 Å². The number of halogens is 1. The first kappa shape index (κ1) is 10.6. The second kappa shape index (κ2) is 4.75. The van der Waals surface area contributed by atoms with E-state index in [9.17, 15) is 0 Å². The van der Waals surface area contributed by atoms with Crippen LogP contribution < -0.4 is 11.1 Å². The molecule has 15 heavy (non-hydrogen) atoms. The zero-order valence-corrected chi connectivity index (χ0v) is 9.56. The highest BCUT2D eigenvalue weighted by molar-refractivity contribution is 6.31. The maximum atomic E-state index is 5.94. The Bertz CT molecular complexity index is 332. The lowest BCUT2D eigenvalue weighted by Gasteiger charge is -2.24. The van der Waals surface area contributed by atoms with Gasteiger partial charge in [-0.2, -0.15) is 0 Å². The molecule has 1 aliphatic rings. The molecule has 1 saturated carbocycles. The van der Waals surface area contributed by atoms with Gasteiger partial charge in [0.15, 0.2) is 0 Å². The van der Waals surface area contributed by atoms with Crippen molar-refractivity contribution in [1.82, 2.24) is 0 Å². The van der Waals surface area contributed by atoms with Gasteiger partial charge in [-0.1, -0.05) is 30.9 Å². The van der Waals surface area contributed by atoms with E-state index in [1.807, 2.05) is 18.2 Å². The predicted octanol–water partition coefficient (Wildman–Crippen LogP) is 3.67. The highest BCUT2D eigenvalue weighted by Crippen LogP contribution is 2.27. The molecule has 1 fully saturated rings. The van der Waals surface area contributed by atoms with E-state index >= 15 is 0 Å². The molecule has 0 aliphatic heterocycles. The first-order valence-corrected chi connectivity index (χ1v) is 5.95. The minimum Gasteiger partial charge on any atom is -0.397 e. The molecule has 82 valence electrons. The molecular formula is C12H17ClN2. The van der Waals surface area contributed by atoms with Crippen LogP contribution in [0.3, 0.4) is 0 Å². The summed E-state index contributed by atoms with van der Waals surface area (Å²) >= 11 is 5.94. The van der Waals surface area contributed by atoms with Crippen LogP contribution in [0.5, 0.6) is 0 Å². The van der Waals surface area contributed by atoms with Crippen molar-refractivity contribution in [3.8, 4) is 0 Å².